The number of likely N-dealkylation sites (N-methyl/N-ethyl adjacent to an activating group) is 1. The number of ether oxygens (including phenoxy) is 1. The van der Waals surface area contributed by atoms with Gasteiger partial charge in [-0.25, -0.2) is 0 Å². The summed E-state index contributed by atoms with van der Waals surface area (Å²) in [6, 6.07) is 7.50. The SMILES string of the molecule is CC(C1CC1)N(C)C(=O)COc1ccccc1C(N)=S. The lowest BCUT2D eigenvalue weighted by Gasteiger charge is -2.25. The Morgan fingerprint density at radius 3 is 2.75 bits per heavy atom. The molecule has 1 amide bonds. The van der Waals surface area contributed by atoms with Crippen LogP contribution in [0.15, 0.2) is 24.3 Å². The highest BCUT2D eigenvalue weighted by molar-refractivity contribution is 7.80. The molecule has 20 heavy (non-hydrogen) atoms. The van der Waals surface area contributed by atoms with E-state index >= 15 is 0 Å². The largest absolute Gasteiger partial charge is 0.483 e. The van der Waals surface area contributed by atoms with E-state index in [1.165, 1.54) is 12.8 Å². The van der Waals surface area contributed by atoms with Crippen LogP contribution in [0.5, 0.6) is 5.75 Å². The maximum atomic E-state index is 12.1. The molecule has 1 unspecified atom stereocenters. The predicted molar refractivity (Wildman–Crippen MR) is 82.8 cm³/mol. The maximum Gasteiger partial charge on any atom is 0.260 e. The molecule has 2 rings (SSSR count). The number of nitrogens with zero attached hydrogens (tertiary/aromatic N) is 1. The summed E-state index contributed by atoms with van der Waals surface area (Å²) >= 11 is 4.97. The number of carbonyl (C=O) groups excluding carboxylic acids is 1. The van der Waals surface area contributed by atoms with Crippen molar-refractivity contribution in [1.82, 2.24) is 4.90 Å². The van der Waals surface area contributed by atoms with Gasteiger partial charge in [0, 0.05) is 13.1 Å². The molecule has 1 atom stereocenters. The molecule has 0 bridgehead atoms. The van der Waals surface area contributed by atoms with Crippen molar-refractivity contribution in [3.63, 3.8) is 0 Å². The quantitative estimate of drug-likeness (QED) is 0.814. The number of carbonyl (C=O) groups is 1. The van der Waals surface area contributed by atoms with E-state index in [0.29, 0.717) is 17.2 Å². The monoisotopic (exact) mass is 292 g/mol. The molecular weight excluding hydrogens is 272 g/mol. The molecule has 2 N–H and O–H groups in total. The Balaban J connectivity index is 1.94. The van der Waals surface area contributed by atoms with E-state index in [4.69, 9.17) is 22.7 Å². The number of rotatable bonds is 6. The fraction of sp³-hybridized carbons (Fsp3) is 0.467. The minimum atomic E-state index is -0.0258. The van der Waals surface area contributed by atoms with Crippen LogP contribution < -0.4 is 10.5 Å². The summed E-state index contributed by atoms with van der Waals surface area (Å²) in [6.45, 7) is 2.09. The van der Waals surface area contributed by atoms with Gasteiger partial charge in [0.05, 0.1) is 5.56 Å². The average molecular weight is 292 g/mol. The number of benzene rings is 1. The van der Waals surface area contributed by atoms with E-state index in [2.05, 4.69) is 6.92 Å². The zero-order chi connectivity index (χ0) is 14.7. The molecule has 1 aliphatic rings. The topological polar surface area (TPSA) is 55.6 Å². The molecule has 5 heteroatoms. The smallest absolute Gasteiger partial charge is 0.260 e. The zero-order valence-corrected chi connectivity index (χ0v) is 12.7. The van der Waals surface area contributed by atoms with Crippen molar-refractivity contribution in [3.05, 3.63) is 29.8 Å². The van der Waals surface area contributed by atoms with Gasteiger partial charge in [0.25, 0.3) is 5.91 Å². The summed E-state index contributed by atoms with van der Waals surface area (Å²) in [5.74, 6) is 1.18. The minimum absolute atomic E-state index is 0.00713. The first-order valence-electron chi connectivity index (χ1n) is 6.78. The Morgan fingerprint density at radius 2 is 2.15 bits per heavy atom. The second kappa shape index (κ2) is 6.22. The minimum Gasteiger partial charge on any atom is -0.483 e. The third-order valence-corrected chi connectivity index (χ3v) is 4.03. The van der Waals surface area contributed by atoms with Crippen LogP contribution >= 0.6 is 12.2 Å². The van der Waals surface area contributed by atoms with Gasteiger partial charge >= 0.3 is 0 Å². The van der Waals surface area contributed by atoms with Gasteiger partial charge in [0.15, 0.2) is 6.61 Å². The van der Waals surface area contributed by atoms with Gasteiger partial charge in [0.2, 0.25) is 0 Å². The van der Waals surface area contributed by atoms with Crippen LogP contribution in [-0.4, -0.2) is 35.5 Å². The first-order chi connectivity index (χ1) is 9.50. The van der Waals surface area contributed by atoms with Gasteiger partial charge in [-0.15, -0.1) is 0 Å². The normalized spacial score (nSPS) is 15.5. The second-order valence-electron chi connectivity index (χ2n) is 5.23. The highest BCUT2D eigenvalue weighted by atomic mass is 32.1. The molecule has 0 spiro atoms. The Labute approximate surface area is 124 Å². The van der Waals surface area contributed by atoms with Crippen LogP contribution in [0.25, 0.3) is 0 Å². The number of thiocarbonyl (C=S) groups is 1. The van der Waals surface area contributed by atoms with Crippen molar-refractivity contribution in [2.45, 2.75) is 25.8 Å². The van der Waals surface area contributed by atoms with Crippen LogP contribution in [0.2, 0.25) is 0 Å². The van der Waals surface area contributed by atoms with E-state index in [9.17, 15) is 4.79 Å². The summed E-state index contributed by atoms with van der Waals surface area (Å²) in [5, 5.41) is 0. The second-order valence-corrected chi connectivity index (χ2v) is 5.67. The van der Waals surface area contributed by atoms with Gasteiger partial charge in [-0.2, -0.15) is 0 Å². The summed E-state index contributed by atoms with van der Waals surface area (Å²) < 4.78 is 5.57. The Hall–Kier alpha value is -1.62. The van der Waals surface area contributed by atoms with E-state index in [-0.39, 0.29) is 23.5 Å². The van der Waals surface area contributed by atoms with Crippen molar-refractivity contribution in [1.29, 1.82) is 0 Å². The molecule has 1 fully saturated rings. The first-order valence-corrected chi connectivity index (χ1v) is 7.19. The summed E-state index contributed by atoms with van der Waals surface area (Å²) in [4.78, 5) is 14.1. The molecule has 1 saturated carbocycles. The van der Waals surface area contributed by atoms with Crippen LogP contribution in [-0.2, 0) is 4.79 Å². The van der Waals surface area contributed by atoms with Crippen molar-refractivity contribution < 1.29 is 9.53 Å². The van der Waals surface area contributed by atoms with Gasteiger partial charge in [0.1, 0.15) is 10.7 Å². The Kier molecular flexibility index (Phi) is 4.60. The van der Waals surface area contributed by atoms with E-state index in [1.54, 1.807) is 17.0 Å². The van der Waals surface area contributed by atoms with Crippen molar-refractivity contribution in [2.75, 3.05) is 13.7 Å². The molecule has 1 aliphatic carbocycles. The number of para-hydroxylation sites is 1. The first kappa shape index (κ1) is 14.8. The standard InChI is InChI=1S/C15H20N2O2S/c1-10(11-7-8-11)17(2)14(18)9-19-13-6-4-3-5-12(13)15(16)20/h3-6,10-11H,7-9H2,1-2H3,(H2,16,20). The molecule has 0 radical (unpaired) electrons. The number of hydrogen-bond donors (Lipinski definition) is 1. The lowest BCUT2D eigenvalue weighted by Crippen LogP contribution is -2.39. The van der Waals surface area contributed by atoms with Crippen LogP contribution in [0.3, 0.4) is 0 Å². The van der Waals surface area contributed by atoms with Gasteiger partial charge in [-0.05, 0) is 37.8 Å². The van der Waals surface area contributed by atoms with E-state index < -0.39 is 0 Å². The summed E-state index contributed by atoms with van der Waals surface area (Å²) in [7, 11) is 1.83. The van der Waals surface area contributed by atoms with Crippen LogP contribution in [0.1, 0.15) is 25.3 Å². The van der Waals surface area contributed by atoms with E-state index in [1.807, 2.05) is 19.2 Å². The molecule has 1 aromatic carbocycles. The van der Waals surface area contributed by atoms with Crippen molar-refractivity contribution >= 4 is 23.1 Å². The summed E-state index contributed by atoms with van der Waals surface area (Å²) in [5.41, 5.74) is 6.29. The number of amides is 1. The van der Waals surface area contributed by atoms with Gasteiger partial charge in [-0.1, -0.05) is 24.4 Å². The third kappa shape index (κ3) is 3.48. The molecule has 0 saturated heterocycles. The zero-order valence-electron chi connectivity index (χ0n) is 11.8. The van der Waals surface area contributed by atoms with Gasteiger partial charge in [-0.3, -0.25) is 4.79 Å². The molecular formula is C15H20N2O2S. The molecule has 0 aliphatic heterocycles. The van der Waals surface area contributed by atoms with Crippen molar-refractivity contribution in [3.8, 4) is 5.75 Å². The van der Waals surface area contributed by atoms with Crippen LogP contribution in [0.4, 0.5) is 0 Å². The molecule has 108 valence electrons. The van der Waals surface area contributed by atoms with Gasteiger partial charge < -0.3 is 15.4 Å². The molecule has 4 nitrogen and oxygen atoms in total. The average Bonchev–Trinajstić information content (AvgIpc) is 3.27. The number of hydrogen-bond acceptors (Lipinski definition) is 3. The highest BCUT2D eigenvalue weighted by Gasteiger charge is 2.32. The lowest BCUT2D eigenvalue weighted by atomic mass is 10.2. The van der Waals surface area contributed by atoms with Crippen molar-refractivity contribution in [2.24, 2.45) is 11.7 Å². The molecule has 0 aromatic heterocycles. The maximum absolute atomic E-state index is 12.1. The fourth-order valence-electron chi connectivity index (χ4n) is 2.16. The van der Waals surface area contributed by atoms with E-state index in [0.717, 1.165) is 0 Å². The molecule has 0 heterocycles. The number of nitrogens with two attached hydrogens (primary N) is 1. The Morgan fingerprint density at radius 1 is 1.50 bits per heavy atom. The Bertz CT molecular complexity index is 514. The fourth-order valence-corrected chi connectivity index (χ4v) is 2.33. The third-order valence-electron chi connectivity index (χ3n) is 3.81. The lowest BCUT2D eigenvalue weighted by molar-refractivity contribution is -0.134. The highest BCUT2D eigenvalue weighted by Crippen LogP contribution is 2.34. The molecule has 1 aromatic rings. The van der Waals surface area contributed by atoms with Crippen LogP contribution in [0, 0.1) is 5.92 Å². The summed E-state index contributed by atoms with van der Waals surface area (Å²) in [6.07, 6.45) is 2.42. The predicted octanol–water partition coefficient (Wildman–Crippen LogP) is 1.96.